The fraction of sp³-hybridized carbons (Fsp3) is 0. The molecule has 0 radical (unpaired) electrons. The summed E-state index contributed by atoms with van der Waals surface area (Å²) in [6.07, 6.45) is 1.59. The largest absolute Gasteiger partial charge is 0.276 e. The Morgan fingerprint density at radius 1 is 1.45 bits per heavy atom. The average Bonchev–Trinajstić information content (AvgIpc) is 2.50. The highest BCUT2D eigenvalue weighted by Gasteiger charge is 1.96. The second kappa shape index (κ2) is 2.06. The van der Waals surface area contributed by atoms with E-state index in [0.717, 1.165) is 11.0 Å². The third kappa shape index (κ3) is 0.829. The molecule has 0 aromatic carbocycles. The second-order valence-electron chi connectivity index (χ2n) is 2.11. The molecule has 0 saturated heterocycles. The van der Waals surface area contributed by atoms with Gasteiger partial charge in [0, 0.05) is 0 Å². The Kier molecular flexibility index (Phi) is 1.10. The van der Waals surface area contributed by atoms with E-state index in [1.54, 1.807) is 18.3 Å². The van der Waals surface area contributed by atoms with Crippen molar-refractivity contribution in [3.8, 4) is 6.07 Å². The minimum absolute atomic E-state index is 0.416. The summed E-state index contributed by atoms with van der Waals surface area (Å²) in [4.78, 5) is 4.00. The van der Waals surface area contributed by atoms with Gasteiger partial charge < -0.3 is 0 Å². The zero-order chi connectivity index (χ0) is 7.68. The van der Waals surface area contributed by atoms with Crippen molar-refractivity contribution >= 4 is 11.0 Å². The van der Waals surface area contributed by atoms with Gasteiger partial charge >= 0.3 is 0 Å². The van der Waals surface area contributed by atoms with Crippen molar-refractivity contribution in [3.05, 3.63) is 24.0 Å². The van der Waals surface area contributed by atoms with Crippen molar-refractivity contribution in [1.82, 2.24) is 15.2 Å². The molecule has 0 aliphatic heterocycles. The maximum atomic E-state index is 8.49. The lowest BCUT2D eigenvalue weighted by Crippen LogP contribution is -1.80. The number of rotatable bonds is 0. The average molecular weight is 144 g/mol. The van der Waals surface area contributed by atoms with Gasteiger partial charge in [0.25, 0.3) is 0 Å². The summed E-state index contributed by atoms with van der Waals surface area (Å²) in [6, 6.07) is 5.40. The molecule has 4 heteroatoms. The van der Waals surface area contributed by atoms with E-state index in [1.807, 2.05) is 6.07 Å². The molecular formula is C7H4N4. The molecule has 2 aromatic heterocycles. The number of aromatic nitrogens is 3. The van der Waals surface area contributed by atoms with E-state index in [1.165, 1.54) is 0 Å². The Balaban J connectivity index is 2.79. The van der Waals surface area contributed by atoms with Crippen LogP contribution in [0.5, 0.6) is 0 Å². The van der Waals surface area contributed by atoms with Gasteiger partial charge in [-0.15, -0.1) is 0 Å². The molecule has 52 valence electrons. The summed E-state index contributed by atoms with van der Waals surface area (Å²) in [7, 11) is 0. The highest BCUT2D eigenvalue weighted by atomic mass is 15.1. The molecule has 2 rings (SSSR count). The number of nitrogens with one attached hydrogen (secondary N) is 1. The zero-order valence-electron chi connectivity index (χ0n) is 5.57. The Bertz CT molecular complexity index is 423. The van der Waals surface area contributed by atoms with Crippen LogP contribution >= 0.6 is 0 Å². The third-order valence-electron chi connectivity index (χ3n) is 1.41. The molecule has 11 heavy (non-hydrogen) atoms. The van der Waals surface area contributed by atoms with Gasteiger partial charge in [-0.25, -0.2) is 4.98 Å². The predicted octanol–water partition coefficient (Wildman–Crippen LogP) is 0.830. The summed E-state index contributed by atoms with van der Waals surface area (Å²) < 4.78 is 0. The molecule has 0 saturated carbocycles. The first kappa shape index (κ1) is 5.86. The fourth-order valence-corrected chi connectivity index (χ4v) is 0.893. The Hall–Kier alpha value is -1.89. The molecule has 0 bridgehead atoms. The van der Waals surface area contributed by atoms with E-state index in [9.17, 15) is 0 Å². The van der Waals surface area contributed by atoms with Crippen molar-refractivity contribution in [1.29, 1.82) is 5.26 Å². The van der Waals surface area contributed by atoms with E-state index in [0.29, 0.717) is 5.69 Å². The maximum Gasteiger partial charge on any atom is 0.141 e. The van der Waals surface area contributed by atoms with Crippen molar-refractivity contribution < 1.29 is 0 Å². The minimum atomic E-state index is 0.416. The predicted molar refractivity (Wildman–Crippen MR) is 38.6 cm³/mol. The van der Waals surface area contributed by atoms with E-state index in [-0.39, 0.29) is 0 Å². The highest BCUT2D eigenvalue weighted by molar-refractivity contribution is 5.73. The second-order valence-corrected chi connectivity index (χ2v) is 2.11. The molecule has 0 fully saturated rings. The number of fused-ring (bicyclic) bond motifs is 1. The number of hydrogen-bond donors (Lipinski definition) is 1. The van der Waals surface area contributed by atoms with E-state index in [4.69, 9.17) is 5.26 Å². The number of nitrogens with zero attached hydrogens (tertiary/aromatic N) is 3. The van der Waals surface area contributed by atoms with Gasteiger partial charge in [0.2, 0.25) is 0 Å². The van der Waals surface area contributed by atoms with Crippen molar-refractivity contribution in [3.63, 3.8) is 0 Å². The molecule has 0 atom stereocenters. The van der Waals surface area contributed by atoms with Crippen LogP contribution in [0.15, 0.2) is 18.3 Å². The highest BCUT2D eigenvalue weighted by Crippen LogP contribution is 2.06. The van der Waals surface area contributed by atoms with Crippen molar-refractivity contribution in [2.45, 2.75) is 0 Å². The van der Waals surface area contributed by atoms with Crippen LogP contribution in [0, 0.1) is 11.3 Å². The molecule has 0 spiro atoms. The van der Waals surface area contributed by atoms with Gasteiger partial charge in [0.15, 0.2) is 0 Å². The Morgan fingerprint density at radius 2 is 2.36 bits per heavy atom. The monoisotopic (exact) mass is 144 g/mol. The number of nitriles is 1. The van der Waals surface area contributed by atoms with Crippen LogP contribution in [0.1, 0.15) is 5.69 Å². The first-order valence-electron chi connectivity index (χ1n) is 3.10. The lowest BCUT2D eigenvalue weighted by atomic mass is 10.3. The summed E-state index contributed by atoms with van der Waals surface area (Å²) in [5, 5.41) is 15.0. The van der Waals surface area contributed by atoms with Crippen LogP contribution in [-0.4, -0.2) is 15.2 Å². The van der Waals surface area contributed by atoms with E-state index >= 15 is 0 Å². The van der Waals surface area contributed by atoms with Gasteiger partial charge in [0.1, 0.15) is 17.3 Å². The lowest BCUT2D eigenvalue weighted by Gasteiger charge is -1.86. The lowest BCUT2D eigenvalue weighted by molar-refractivity contribution is 1.12. The molecule has 2 heterocycles. The summed E-state index contributed by atoms with van der Waals surface area (Å²) in [5.74, 6) is 0. The normalized spacial score (nSPS) is 9.73. The molecule has 0 aliphatic rings. The first-order valence-corrected chi connectivity index (χ1v) is 3.10. The van der Waals surface area contributed by atoms with Gasteiger partial charge in [-0.2, -0.15) is 10.4 Å². The van der Waals surface area contributed by atoms with E-state index < -0.39 is 0 Å². The topological polar surface area (TPSA) is 65.4 Å². The summed E-state index contributed by atoms with van der Waals surface area (Å²) in [5.41, 5.74) is 1.99. The van der Waals surface area contributed by atoms with Crippen molar-refractivity contribution in [2.24, 2.45) is 0 Å². The van der Waals surface area contributed by atoms with Gasteiger partial charge in [0.05, 0.1) is 11.7 Å². The molecule has 4 nitrogen and oxygen atoms in total. The van der Waals surface area contributed by atoms with Crippen LogP contribution in [0.4, 0.5) is 0 Å². The number of hydrogen-bond acceptors (Lipinski definition) is 3. The molecule has 0 amide bonds. The van der Waals surface area contributed by atoms with Crippen LogP contribution in [-0.2, 0) is 0 Å². The van der Waals surface area contributed by atoms with E-state index in [2.05, 4.69) is 15.2 Å². The minimum Gasteiger partial charge on any atom is -0.276 e. The fourth-order valence-electron chi connectivity index (χ4n) is 0.893. The molecule has 0 aliphatic carbocycles. The Labute approximate surface area is 62.5 Å². The van der Waals surface area contributed by atoms with Gasteiger partial charge in [-0.3, -0.25) is 5.10 Å². The quantitative estimate of drug-likeness (QED) is 0.595. The summed E-state index contributed by atoms with van der Waals surface area (Å²) >= 11 is 0. The van der Waals surface area contributed by atoms with Crippen LogP contribution in [0.2, 0.25) is 0 Å². The summed E-state index contributed by atoms with van der Waals surface area (Å²) in [6.45, 7) is 0. The number of pyridine rings is 1. The third-order valence-corrected chi connectivity index (χ3v) is 1.41. The van der Waals surface area contributed by atoms with Crippen LogP contribution in [0.3, 0.4) is 0 Å². The van der Waals surface area contributed by atoms with Crippen LogP contribution in [0.25, 0.3) is 11.0 Å². The molecule has 2 aromatic rings. The number of H-pyrrole nitrogens is 1. The molecule has 0 unspecified atom stereocenters. The molecular weight excluding hydrogens is 140 g/mol. The SMILES string of the molecule is N#Cc1ccc2[nH]ncc2n1. The van der Waals surface area contributed by atoms with Gasteiger partial charge in [-0.1, -0.05) is 0 Å². The van der Waals surface area contributed by atoms with Crippen molar-refractivity contribution in [2.75, 3.05) is 0 Å². The number of aromatic amines is 1. The molecule has 1 N–H and O–H groups in total. The smallest absolute Gasteiger partial charge is 0.141 e. The maximum absolute atomic E-state index is 8.49. The first-order chi connectivity index (χ1) is 5.40. The van der Waals surface area contributed by atoms with Crippen LogP contribution < -0.4 is 0 Å². The Morgan fingerprint density at radius 3 is 3.18 bits per heavy atom. The standard InChI is InChI=1S/C7H4N4/c8-3-5-1-2-6-7(10-5)4-9-11-6/h1-2,4H,(H,9,11). The zero-order valence-corrected chi connectivity index (χ0v) is 5.57. The van der Waals surface area contributed by atoms with Gasteiger partial charge in [-0.05, 0) is 12.1 Å².